The van der Waals surface area contributed by atoms with Crippen molar-refractivity contribution in [2.45, 2.75) is 83.0 Å². The fourth-order valence-corrected chi connectivity index (χ4v) is 7.58. The molecule has 2 unspecified atom stereocenters. The van der Waals surface area contributed by atoms with E-state index in [1.807, 2.05) is 0 Å². The van der Waals surface area contributed by atoms with E-state index in [0.29, 0.717) is 18.4 Å². The molecule has 4 heteroatoms. The minimum atomic E-state index is -0.401. The summed E-state index contributed by atoms with van der Waals surface area (Å²) < 4.78 is 5.67. The third-order valence-electron chi connectivity index (χ3n) is 8.65. The number of hydrogen-bond donors (Lipinski definition) is 1. The molecule has 0 aliphatic heterocycles. The normalized spacial score (nSPS) is 33.0. The molecule has 0 aromatic heterocycles. The molecule has 6 rings (SSSR count). The van der Waals surface area contributed by atoms with E-state index in [2.05, 4.69) is 42.6 Å². The molecule has 0 radical (unpaired) electrons. The zero-order valence-electron chi connectivity index (χ0n) is 19.5. The lowest BCUT2D eigenvalue weighted by atomic mass is 9.43. The van der Waals surface area contributed by atoms with E-state index in [0.717, 1.165) is 38.5 Å². The molecule has 4 saturated carbocycles. The quantitative estimate of drug-likeness (QED) is 0.462. The van der Waals surface area contributed by atoms with Crippen LogP contribution in [0.1, 0.15) is 81.8 Å². The number of benzene rings is 1. The molecule has 0 heterocycles. The van der Waals surface area contributed by atoms with Gasteiger partial charge in [0.2, 0.25) is 0 Å². The van der Waals surface area contributed by atoms with Gasteiger partial charge in [-0.05, 0) is 100 Å². The van der Waals surface area contributed by atoms with Gasteiger partial charge in [0.1, 0.15) is 0 Å². The Bertz CT molecular complexity index is 886. The number of nitrogens with one attached hydrogen (secondary N) is 1. The third-order valence-corrected chi connectivity index (χ3v) is 8.65. The Morgan fingerprint density at radius 1 is 1.06 bits per heavy atom. The highest BCUT2D eigenvalue weighted by atomic mass is 16.5. The Morgan fingerprint density at radius 2 is 1.81 bits per heavy atom. The Kier molecular flexibility index (Phi) is 5.90. The second kappa shape index (κ2) is 8.68. The first-order chi connectivity index (χ1) is 15.5. The van der Waals surface area contributed by atoms with Gasteiger partial charge in [-0.25, -0.2) is 0 Å². The molecular formula is C28H37NO3. The monoisotopic (exact) mass is 435 g/mol. The van der Waals surface area contributed by atoms with Crippen LogP contribution in [0.2, 0.25) is 0 Å². The number of allylic oxidation sites excluding steroid dienone is 1. The number of carbonyl (C=O) groups is 2. The molecule has 4 fully saturated rings. The molecule has 0 spiro atoms. The summed E-state index contributed by atoms with van der Waals surface area (Å²) >= 11 is 0. The van der Waals surface area contributed by atoms with Crippen LogP contribution >= 0.6 is 0 Å². The van der Waals surface area contributed by atoms with Gasteiger partial charge in [-0.15, -0.1) is 0 Å². The molecule has 1 N–H and O–H groups in total. The number of esters is 1. The van der Waals surface area contributed by atoms with Crippen LogP contribution in [0.5, 0.6) is 0 Å². The van der Waals surface area contributed by atoms with Crippen molar-refractivity contribution in [1.29, 1.82) is 0 Å². The zero-order chi connectivity index (χ0) is 22.2. The second-order valence-electron chi connectivity index (χ2n) is 11.2. The molecule has 32 heavy (non-hydrogen) atoms. The van der Waals surface area contributed by atoms with Gasteiger partial charge in [0.05, 0.1) is 5.41 Å². The highest BCUT2D eigenvalue weighted by Gasteiger charge is 2.61. The lowest BCUT2D eigenvalue weighted by molar-refractivity contribution is -0.175. The summed E-state index contributed by atoms with van der Waals surface area (Å²) in [4.78, 5) is 25.7. The zero-order valence-corrected chi connectivity index (χ0v) is 19.5. The van der Waals surface area contributed by atoms with Gasteiger partial charge in [0.15, 0.2) is 6.61 Å². The summed E-state index contributed by atoms with van der Waals surface area (Å²) in [6.07, 6.45) is 14.5. The summed E-state index contributed by atoms with van der Waals surface area (Å²) in [7, 11) is 0. The van der Waals surface area contributed by atoms with Crippen molar-refractivity contribution in [3.8, 4) is 0 Å². The van der Waals surface area contributed by atoms with Crippen molar-refractivity contribution in [2.24, 2.45) is 17.3 Å². The molecule has 5 aliphatic rings. The predicted molar refractivity (Wildman–Crippen MR) is 125 cm³/mol. The van der Waals surface area contributed by atoms with Crippen molar-refractivity contribution < 1.29 is 14.3 Å². The molecule has 0 saturated heterocycles. The van der Waals surface area contributed by atoms with Crippen LogP contribution in [0.3, 0.4) is 0 Å². The molecule has 1 aromatic rings. The summed E-state index contributed by atoms with van der Waals surface area (Å²) in [5, 5.41) is 2.94. The van der Waals surface area contributed by atoms with Crippen molar-refractivity contribution in [2.75, 3.05) is 13.2 Å². The van der Waals surface area contributed by atoms with Crippen molar-refractivity contribution in [3.63, 3.8) is 0 Å². The molecule has 4 nitrogen and oxygen atoms in total. The fourth-order valence-electron chi connectivity index (χ4n) is 7.58. The fraction of sp³-hybridized carbons (Fsp3) is 0.643. The van der Waals surface area contributed by atoms with Crippen LogP contribution in [-0.2, 0) is 19.7 Å². The first-order valence-electron chi connectivity index (χ1n) is 12.7. The first-order valence-corrected chi connectivity index (χ1v) is 12.7. The average molecular weight is 436 g/mol. The predicted octanol–water partition coefficient (Wildman–Crippen LogP) is 5.38. The van der Waals surface area contributed by atoms with Crippen LogP contribution < -0.4 is 5.32 Å². The van der Waals surface area contributed by atoms with Crippen LogP contribution in [0.25, 0.3) is 0 Å². The molecule has 1 amide bonds. The Hall–Kier alpha value is -2.10. The van der Waals surface area contributed by atoms with E-state index in [1.165, 1.54) is 48.8 Å². The van der Waals surface area contributed by atoms with Crippen molar-refractivity contribution in [3.05, 3.63) is 47.0 Å². The molecule has 2 atom stereocenters. The van der Waals surface area contributed by atoms with Gasteiger partial charge >= 0.3 is 5.97 Å². The topological polar surface area (TPSA) is 55.4 Å². The van der Waals surface area contributed by atoms with Crippen LogP contribution in [-0.4, -0.2) is 25.0 Å². The van der Waals surface area contributed by atoms with Gasteiger partial charge in [-0.3, -0.25) is 9.59 Å². The lowest BCUT2D eigenvalue weighted by Crippen LogP contribution is -2.57. The third kappa shape index (κ3) is 4.25. The van der Waals surface area contributed by atoms with Gasteiger partial charge in [-0.1, -0.05) is 41.5 Å². The molecule has 1 aromatic carbocycles. The van der Waals surface area contributed by atoms with E-state index >= 15 is 0 Å². The first kappa shape index (κ1) is 21.7. The highest BCUT2D eigenvalue weighted by molar-refractivity contribution is 5.83. The van der Waals surface area contributed by atoms with E-state index in [1.54, 1.807) is 0 Å². The average Bonchev–Trinajstić information content (AvgIpc) is 2.77. The number of rotatable bonds is 7. The molecule has 172 valence electrons. The second-order valence-corrected chi connectivity index (χ2v) is 11.2. The standard InChI is InChI=1S/C28H37NO3/c1-20-7-9-24(10-8-20)27-14-22-13-23(15-27)17-28(16-22,19-27)26(31)32-18-25(30)29-12-11-21-5-3-2-4-6-21/h5,7-10,22-23H,2-4,6,11-19H2,1H3,(H,29,30). The summed E-state index contributed by atoms with van der Waals surface area (Å²) in [5.41, 5.74) is 3.82. The Morgan fingerprint density at radius 3 is 2.50 bits per heavy atom. The minimum absolute atomic E-state index is 0.104. The van der Waals surface area contributed by atoms with Crippen molar-refractivity contribution >= 4 is 11.9 Å². The number of amides is 1. The van der Waals surface area contributed by atoms with Crippen molar-refractivity contribution in [1.82, 2.24) is 5.32 Å². The number of aryl methyl sites for hydroxylation is 1. The molecule has 5 aliphatic carbocycles. The van der Waals surface area contributed by atoms with Gasteiger partial charge in [0.25, 0.3) is 5.91 Å². The summed E-state index contributed by atoms with van der Waals surface area (Å²) in [6.45, 7) is 2.61. The maximum absolute atomic E-state index is 13.3. The summed E-state index contributed by atoms with van der Waals surface area (Å²) in [6, 6.07) is 8.95. The molecular weight excluding hydrogens is 398 g/mol. The maximum Gasteiger partial charge on any atom is 0.312 e. The minimum Gasteiger partial charge on any atom is -0.455 e. The highest BCUT2D eigenvalue weighted by Crippen LogP contribution is 2.66. The van der Waals surface area contributed by atoms with E-state index in [9.17, 15) is 9.59 Å². The van der Waals surface area contributed by atoms with E-state index in [-0.39, 0.29) is 23.9 Å². The van der Waals surface area contributed by atoms with Crippen LogP contribution in [0, 0.1) is 24.2 Å². The van der Waals surface area contributed by atoms with E-state index in [4.69, 9.17) is 4.74 Å². The smallest absolute Gasteiger partial charge is 0.312 e. The Balaban J connectivity index is 1.19. The number of carbonyl (C=O) groups excluding carboxylic acids is 2. The SMILES string of the molecule is Cc1ccc(C23CC4CC(CC(C(=O)OCC(=O)NCCC5=CCCCC5)(C4)C2)C3)cc1. The van der Waals surface area contributed by atoms with E-state index < -0.39 is 5.41 Å². The van der Waals surface area contributed by atoms with Gasteiger partial charge < -0.3 is 10.1 Å². The van der Waals surface area contributed by atoms with Crippen LogP contribution in [0.4, 0.5) is 0 Å². The van der Waals surface area contributed by atoms with Gasteiger partial charge in [0, 0.05) is 6.54 Å². The lowest BCUT2D eigenvalue weighted by Gasteiger charge is -2.61. The summed E-state index contributed by atoms with van der Waals surface area (Å²) in [5.74, 6) is 0.895. The Labute approximate surface area is 192 Å². The largest absolute Gasteiger partial charge is 0.455 e. The number of ether oxygens (including phenoxy) is 1. The van der Waals surface area contributed by atoms with Gasteiger partial charge in [-0.2, -0.15) is 0 Å². The molecule has 4 bridgehead atoms. The maximum atomic E-state index is 13.3. The van der Waals surface area contributed by atoms with Crippen LogP contribution in [0.15, 0.2) is 35.9 Å². The number of hydrogen-bond acceptors (Lipinski definition) is 3.